The molecule has 3 amide bonds. The lowest BCUT2D eigenvalue weighted by Gasteiger charge is -2.35. The first kappa shape index (κ1) is 27.6. The van der Waals surface area contributed by atoms with Crippen molar-refractivity contribution in [3.63, 3.8) is 0 Å². The van der Waals surface area contributed by atoms with Crippen molar-refractivity contribution in [2.45, 2.75) is 18.4 Å². The van der Waals surface area contributed by atoms with Crippen molar-refractivity contribution >= 4 is 25.5 Å². The molecule has 2 aromatic rings. The quantitative estimate of drug-likeness (QED) is 0.330. The van der Waals surface area contributed by atoms with Gasteiger partial charge in [0.2, 0.25) is 5.91 Å². The van der Waals surface area contributed by atoms with E-state index in [2.05, 4.69) is 15.3 Å². The van der Waals surface area contributed by atoms with Crippen LogP contribution in [0.15, 0.2) is 36.4 Å². The molecule has 2 heterocycles. The molecule has 0 spiro atoms. The number of carbonyl (C=O) groups excluding carboxylic acids is 2. The van der Waals surface area contributed by atoms with Crippen molar-refractivity contribution in [3.05, 3.63) is 47.8 Å². The van der Waals surface area contributed by atoms with Crippen LogP contribution in [0.2, 0.25) is 0 Å². The van der Waals surface area contributed by atoms with Crippen molar-refractivity contribution in [3.8, 4) is 11.4 Å². The highest BCUT2D eigenvalue weighted by Gasteiger charge is 2.40. The number of methoxy groups -OCH3 is 1. The minimum absolute atomic E-state index is 0.0314. The number of nitrogens with zero attached hydrogens (tertiary/aromatic N) is 4. The van der Waals surface area contributed by atoms with Gasteiger partial charge in [-0.2, -0.15) is 0 Å². The highest BCUT2D eigenvalue weighted by Crippen LogP contribution is 2.47. The summed E-state index contributed by atoms with van der Waals surface area (Å²) in [4.78, 5) is 68.3. The van der Waals surface area contributed by atoms with Crippen molar-refractivity contribution < 1.29 is 38.6 Å². The van der Waals surface area contributed by atoms with Crippen LogP contribution in [0.1, 0.15) is 28.5 Å². The van der Waals surface area contributed by atoms with Crippen LogP contribution in [0.4, 0.5) is 4.79 Å². The van der Waals surface area contributed by atoms with E-state index in [0.29, 0.717) is 23.7 Å². The summed E-state index contributed by atoms with van der Waals surface area (Å²) in [5.41, 5.74) is 1.30. The molecule has 1 aromatic heterocycles. The Hall–Kier alpha value is -3.38. The molecule has 1 aromatic carbocycles. The molecule has 4 rings (SSSR count). The third-order valence-electron chi connectivity index (χ3n) is 6.58. The van der Waals surface area contributed by atoms with Crippen molar-refractivity contribution in [2.24, 2.45) is 5.92 Å². The lowest BCUT2D eigenvalue weighted by Crippen LogP contribution is -2.56. The number of hydrogen-bond acceptors (Lipinski definition) is 7. The highest BCUT2D eigenvalue weighted by atomic mass is 31.2. The Morgan fingerprint density at radius 1 is 1.11 bits per heavy atom. The number of rotatable bonds is 9. The fourth-order valence-electron chi connectivity index (χ4n) is 4.49. The van der Waals surface area contributed by atoms with Gasteiger partial charge in [-0.25, -0.2) is 14.8 Å². The van der Waals surface area contributed by atoms with E-state index < -0.39 is 37.7 Å². The number of carbonyl (C=O) groups is 3. The molecule has 3 atom stereocenters. The van der Waals surface area contributed by atoms with Gasteiger partial charge in [0.25, 0.3) is 5.91 Å². The molecule has 2 aliphatic rings. The van der Waals surface area contributed by atoms with Crippen LogP contribution in [-0.4, -0.2) is 105 Å². The average molecular weight is 548 g/mol. The molecule has 0 bridgehead atoms. The van der Waals surface area contributed by atoms with Gasteiger partial charge in [0, 0.05) is 57.1 Å². The third kappa shape index (κ3) is 6.93. The average Bonchev–Trinajstić information content (AvgIpc) is 3.67. The molecule has 1 saturated carbocycles. The minimum Gasteiger partial charge on any atom is -0.465 e. The first-order valence-corrected chi connectivity index (χ1v) is 13.9. The maximum atomic E-state index is 13.3. The fraction of sp³-hybridized carbons (Fsp3) is 0.458. The topological polar surface area (TPSA) is 182 Å². The number of hydrogen-bond donors (Lipinski definition) is 4. The van der Waals surface area contributed by atoms with Crippen LogP contribution in [0, 0.1) is 5.92 Å². The van der Waals surface area contributed by atoms with Crippen LogP contribution < -0.4 is 5.32 Å². The van der Waals surface area contributed by atoms with E-state index >= 15 is 0 Å². The normalized spacial score (nSPS) is 20.1. The Bertz CT molecular complexity index is 1230. The monoisotopic (exact) mass is 547 g/mol. The molecule has 0 unspecified atom stereocenters. The van der Waals surface area contributed by atoms with E-state index in [1.54, 1.807) is 19.2 Å². The Kier molecular flexibility index (Phi) is 8.41. The summed E-state index contributed by atoms with van der Waals surface area (Å²) in [5.74, 6) is -0.829. The van der Waals surface area contributed by atoms with Crippen LogP contribution in [0.3, 0.4) is 0 Å². The number of piperazine rings is 1. The van der Waals surface area contributed by atoms with E-state index in [-0.39, 0.29) is 43.7 Å². The molecule has 38 heavy (non-hydrogen) atoms. The Morgan fingerprint density at radius 3 is 2.37 bits per heavy atom. The zero-order chi connectivity index (χ0) is 27.4. The predicted molar refractivity (Wildman–Crippen MR) is 135 cm³/mol. The molecule has 1 aliphatic heterocycles. The minimum atomic E-state index is -4.70. The number of carboxylic acid groups (broad SMARTS) is 1. The van der Waals surface area contributed by atoms with Gasteiger partial charge in [-0.15, -0.1) is 0 Å². The van der Waals surface area contributed by atoms with Gasteiger partial charge >= 0.3 is 13.7 Å². The molecule has 14 heteroatoms. The van der Waals surface area contributed by atoms with E-state index in [1.807, 2.05) is 18.2 Å². The van der Waals surface area contributed by atoms with E-state index in [4.69, 9.17) is 9.84 Å². The van der Waals surface area contributed by atoms with Crippen molar-refractivity contribution in [1.29, 1.82) is 0 Å². The lowest BCUT2D eigenvalue weighted by molar-refractivity contribution is -0.134. The number of aromatic nitrogens is 2. The van der Waals surface area contributed by atoms with E-state index in [0.717, 1.165) is 11.3 Å². The SMILES string of the molecule is COC[C@H]1C[C@@H]1c1cc(C(=O)N[C@@H](CP(=O)(O)O)C(=O)N2CCN(C(=O)O)CC2)nc(-c2ccccc2)n1. The number of nitrogens with one attached hydrogen (secondary N) is 1. The molecular formula is C24H30N5O8P. The predicted octanol–water partition coefficient (Wildman–Crippen LogP) is 0.992. The standard InChI is InChI=1S/C24H30N5O8P/c1-37-13-16-11-17(16)18-12-19(26-21(25-18)15-5-3-2-4-6-15)22(30)27-20(14-38(34,35)36)23(31)28-7-9-29(10-8-28)24(32)33/h2-6,12,16-17,20H,7-11,13-14H2,1H3,(H,27,30)(H,32,33)(H2,34,35,36)/t16-,17+,20+/m1/s1. The molecule has 1 saturated heterocycles. The zero-order valence-corrected chi connectivity index (χ0v) is 21.7. The van der Waals surface area contributed by atoms with Crippen LogP contribution in [0.25, 0.3) is 11.4 Å². The summed E-state index contributed by atoms with van der Waals surface area (Å²) in [6, 6.07) is 9.08. The Labute approximate surface area is 219 Å². The summed E-state index contributed by atoms with van der Waals surface area (Å²) < 4.78 is 17.1. The smallest absolute Gasteiger partial charge is 0.407 e. The molecular weight excluding hydrogens is 517 g/mol. The fourth-order valence-corrected chi connectivity index (χ4v) is 5.21. The molecule has 2 fully saturated rings. The van der Waals surface area contributed by atoms with Crippen LogP contribution >= 0.6 is 7.60 Å². The van der Waals surface area contributed by atoms with Crippen molar-refractivity contribution in [2.75, 3.05) is 46.1 Å². The molecule has 204 valence electrons. The molecule has 0 radical (unpaired) electrons. The Balaban J connectivity index is 1.58. The second-order valence-corrected chi connectivity index (χ2v) is 11.1. The van der Waals surface area contributed by atoms with Gasteiger partial charge in [-0.1, -0.05) is 30.3 Å². The van der Waals surface area contributed by atoms with Gasteiger partial charge in [-0.05, 0) is 18.4 Å². The third-order valence-corrected chi connectivity index (χ3v) is 7.42. The molecule has 4 N–H and O–H groups in total. The number of benzene rings is 1. The van der Waals surface area contributed by atoms with Gasteiger partial charge in [-0.3, -0.25) is 14.2 Å². The maximum absolute atomic E-state index is 13.3. The summed E-state index contributed by atoms with van der Waals surface area (Å²) in [6.45, 7) is 0.730. The van der Waals surface area contributed by atoms with E-state index in [1.165, 1.54) is 11.0 Å². The zero-order valence-electron chi connectivity index (χ0n) is 20.8. The summed E-state index contributed by atoms with van der Waals surface area (Å²) in [5, 5.41) is 11.6. The van der Waals surface area contributed by atoms with Gasteiger partial charge in [0.05, 0.1) is 6.16 Å². The van der Waals surface area contributed by atoms with Gasteiger partial charge in [0.1, 0.15) is 11.7 Å². The largest absolute Gasteiger partial charge is 0.465 e. The van der Waals surface area contributed by atoms with Crippen LogP contribution in [-0.2, 0) is 14.1 Å². The maximum Gasteiger partial charge on any atom is 0.407 e. The van der Waals surface area contributed by atoms with E-state index in [9.17, 15) is 28.7 Å². The number of ether oxygens (including phenoxy) is 1. The van der Waals surface area contributed by atoms with Crippen LogP contribution in [0.5, 0.6) is 0 Å². The summed E-state index contributed by atoms with van der Waals surface area (Å²) >= 11 is 0. The first-order valence-electron chi connectivity index (χ1n) is 12.1. The lowest BCUT2D eigenvalue weighted by atomic mass is 10.1. The second-order valence-electron chi connectivity index (χ2n) is 9.39. The number of amides is 3. The highest BCUT2D eigenvalue weighted by molar-refractivity contribution is 7.51. The molecule has 1 aliphatic carbocycles. The van der Waals surface area contributed by atoms with Gasteiger partial charge < -0.3 is 34.7 Å². The second kappa shape index (κ2) is 11.6. The summed E-state index contributed by atoms with van der Waals surface area (Å²) in [7, 11) is -3.09. The first-order chi connectivity index (χ1) is 18.1. The van der Waals surface area contributed by atoms with Crippen molar-refractivity contribution in [1.82, 2.24) is 25.1 Å². The van der Waals surface area contributed by atoms with Gasteiger partial charge in [0.15, 0.2) is 5.82 Å². The Morgan fingerprint density at radius 2 is 1.76 bits per heavy atom. The molecule has 13 nitrogen and oxygen atoms in total. The summed E-state index contributed by atoms with van der Waals surface area (Å²) in [6.07, 6.45) is -1.19.